The van der Waals surface area contributed by atoms with Crippen LogP contribution in [0.25, 0.3) is 0 Å². The molecule has 5 N–H and O–H groups in total. The third-order valence-corrected chi connectivity index (χ3v) is 9.23. The molecule has 1 saturated heterocycles. The second-order valence-corrected chi connectivity index (χ2v) is 14.0. The summed E-state index contributed by atoms with van der Waals surface area (Å²) in [5.41, 5.74) is 4.57. The largest absolute Gasteiger partial charge is 0.363 e. The molecule has 11 heteroatoms. The summed E-state index contributed by atoms with van der Waals surface area (Å²) < 4.78 is 0. The summed E-state index contributed by atoms with van der Waals surface area (Å²) in [5.74, 6) is -2.75. The van der Waals surface area contributed by atoms with Gasteiger partial charge in [-0.15, -0.1) is 0 Å². The third kappa shape index (κ3) is 8.53. The van der Waals surface area contributed by atoms with Crippen LogP contribution in [0.2, 0.25) is 0 Å². The summed E-state index contributed by atoms with van der Waals surface area (Å²) in [6, 6.07) is -4.10. The Hall–Kier alpha value is -2.98. The van der Waals surface area contributed by atoms with Crippen LogP contribution in [0.3, 0.4) is 0 Å². The number of carbonyl (C=O) groups is 6. The van der Waals surface area contributed by atoms with E-state index in [0.29, 0.717) is 19.4 Å². The van der Waals surface area contributed by atoms with Crippen molar-refractivity contribution in [2.75, 3.05) is 6.54 Å². The number of Topliss-reactive ketones (excluding diaryl/α,β-unsaturated/α-hetero) is 2. The lowest BCUT2D eigenvalue weighted by Crippen LogP contribution is -2.62. The van der Waals surface area contributed by atoms with Crippen molar-refractivity contribution >= 4 is 35.3 Å². The molecule has 42 heavy (non-hydrogen) atoms. The minimum Gasteiger partial charge on any atom is -0.363 e. The molecule has 5 atom stereocenters. The normalized spacial score (nSPS) is 23.5. The van der Waals surface area contributed by atoms with Gasteiger partial charge in [0.1, 0.15) is 12.1 Å². The van der Waals surface area contributed by atoms with Gasteiger partial charge in [0.2, 0.25) is 17.6 Å². The predicted molar refractivity (Wildman–Crippen MR) is 158 cm³/mol. The zero-order valence-corrected chi connectivity index (χ0v) is 26.2. The van der Waals surface area contributed by atoms with Crippen LogP contribution in [0.4, 0.5) is 4.79 Å². The van der Waals surface area contributed by atoms with Crippen LogP contribution >= 0.6 is 0 Å². The topological polar surface area (TPSA) is 168 Å². The van der Waals surface area contributed by atoms with Crippen molar-refractivity contribution in [2.24, 2.45) is 34.8 Å². The minimum absolute atomic E-state index is 0.0587. The van der Waals surface area contributed by atoms with E-state index in [9.17, 15) is 28.8 Å². The van der Waals surface area contributed by atoms with E-state index < -0.39 is 59.1 Å². The number of hydrogen-bond acceptors (Lipinski definition) is 6. The van der Waals surface area contributed by atoms with Gasteiger partial charge in [-0.25, -0.2) is 4.79 Å². The highest BCUT2D eigenvalue weighted by atomic mass is 16.2. The number of hydrogen-bond donors (Lipinski definition) is 4. The fourth-order valence-electron chi connectivity index (χ4n) is 6.59. The summed E-state index contributed by atoms with van der Waals surface area (Å²) in [4.78, 5) is 79.4. The number of urea groups is 1. The Bertz CT molecular complexity index is 1040. The predicted octanol–water partition coefficient (Wildman–Crippen LogP) is 2.45. The summed E-state index contributed by atoms with van der Waals surface area (Å²) in [6.45, 7) is 11.3. The number of amides is 5. The van der Waals surface area contributed by atoms with E-state index in [-0.39, 0.29) is 29.5 Å². The lowest BCUT2D eigenvalue weighted by Gasteiger charge is -2.37. The zero-order valence-electron chi connectivity index (χ0n) is 26.2. The molecular weight excluding hydrogens is 538 g/mol. The van der Waals surface area contributed by atoms with Gasteiger partial charge in [0.25, 0.3) is 5.91 Å². The highest BCUT2D eigenvalue weighted by Gasteiger charge is 2.48. The lowest BCUT2D eigenvalue weighted by molar-refractivity contribution is -0.144. The van der Waals surface area contributed by atoms with Gasteiger partial charge in [-0.1, -0.05) is 66.7 Å². The molecule has 5 amide bonds. The van der Waals surface area contributed by atoms with E-state index >= 15 is 0 Å². The first-order valence-corrected chi connectivity index (χ1v) is 15.6. The van der Waals surface area contributed by atoms with Gasteiger partial charge < -0.3 is 26.6 Å². The number of carbonyl (C=O) groups excluding carboxylic acids is 6. The van der Waals surface area contributed by atoms with Crippen LogP contribution in [-0.4, -0.2) is 70.9 Å². The molecular formula is C31H51N5O6. The van der Waals surface area contributed by atoms with Crippen LogP contribution in [0.15, 0.2) is 0 Å². The Kier molecular flexibility index (Phi) is 11.2. The monoisotopic (exact) mass is 589 g/mol. The second kappa shape index (κ2) is 14.0. The Balaban J connectivity index is 1.80. The van der Waals surface area contributed by atoms with Crippen LogP contribution in [0.5, 0.6) is 0 Å². The number of primary amides is 1. The average Bonchev–Trinajstić information content (AvgIpc) is 3.61. The quantitative estimate of drug-likeness (QED) is 0.255. The smallest absolute Gasteiger partial charge is 0.316 e. The van der Waals surface area contributed by atoms with Crippen LogP contribution in [0, 0.1) is 29.1 Å². The van der Waals surface area contributed by atoms with Gasteiger partial charge >= 0.3 is 6.03 Å². The molecule has 0 bridgehead atoms. The molecule has 1 heterocycles. The Morgan fingerprint density at radius 3 is 2.00 bits per heavy atom. The van der Waals surface area contributed by atoms with Crippen molar-refractivity contribution in [1.82, 2.24) is 20.9 Å². The molecule has 1 aliphatic heterocycles. The van der Waals surface area contributed by atoms with Crippen molar-refractivity contribution in [3.05, 3.63) is 0 Å². The van der Waals surface area contributed by atoms with Gasteiger partial charge in [0.05, 0.1) is 12.1 Å². The van der Waals surface area contributed by atoms with E-state index in [2.05, 4.69) is 16.0 Å². The van der Waals surface area contributed by atoms with Gasteiger partial charge in [0, 0.05) is 6.54 Å². The van der Waals surface area contributed by atoms with Crippen molar-refractivity contribution in [3.8, 4) is 0 Å². The standard InChI is InChI=1S/C31H51N5O6/c1-17(2)21-14-15-36(24(21)28(40)33-22(16-19-12-13-19)25(38)27(32)39)29(41)26(31(4,5)6)35-30(42)34-23(18(3)37)20-10-8-7-9-11-20/h17,19-24,26H,7-16H2,1-6H3,(H2,32,39)(H,33,40)(H2,34,35,42)/t21?,22?,23-,24+,26-/m1/s1. The molecule has 2 saturated carbocycles. The summed E-state index contributed by atoms with van der Waals surface area (Å²) >= 11 is 0. The van der Waals surface area contributed by atoms with E-state index in [1.54, 1.807) is 0 Å². The maximum Gasteiger partial charge on any atom is 0.316 e. The highest BCUT2D eigenvalue weighted by Crippen LogP contribution is 2.36. The van der Waals surface area contributed by atoms with E-state index in [4.69, 9.17) is 5.73 Å². The summed E-state index contributed by atoms with van der Waals surface area (Å²) in [6.07, 6.45) is 7.65. The molecule has 0 radical (unpaired) electrons. The van der Waals surface area contributed by atoms with Gasteiger partial charge in [-0.2, -0.15) is 0 Å². The van der Waals surface area contributed by atoms with Crippen molar-refractivity contribution in [3.63, 3.8) is 0 Å². The van der Waals surface area contributed by atoms with Crippen molar-refractivity contribution in [1.29, 1.82) is 0 Å². The molecule has 0 spiro atoms. The lowest BCUT2D eigenvalue weighted by atomic mass is 9.82. The van der Waals surface area contributed by atoms with E-state index in [1.165, 1.54) is 11.8 Å². The molecule has 11 nitrogen and oxygen atoms in total. The number of nitrogens with one attached hydrogen (secondary N) is 3. The first-order chi connectivity index (χ1) is 19.6. The zero-order chi connectivity index (χ0) is 31.4. The number of nitrogens with zero attached hydrogens (tertiary/aromatic N) is 1. The number of likely N-dealkylation sites (tertiary alicyclic amines) is 1. The summed E-state index contributed by atoms with van der Waals surface area (Å²) in [5, 5.41) is 8.42. The Morgan fingerprint density at radius 2 is 1.50 bits per heavy atom. The van der Waals surface area contributed by atoms with Gasteiger partial charge in [0.15, 0.2) is 5.78 Å². The Morgan fingerprint density at radius 1 is 0.881 bits per heavy atom. The van der Waals surface area contributed by atoms with Crippen molar-refractivity contribution < 1.29 is 28.8 Å². The average molecular weight is 590 g/mol. The van der Waals surface area contributed by atoms with Crippen molar-refractivity contribution in [2.45, 2.75) is 123 Å². The van der Waals surface area contributed by atoms with Crippen LogP contribution in [0.1, 0.15) is 99.3 Å². The fourth-order valence-corrected chi connectivity index (χ4v) is 6.59. The molecule has 3 fully saturated rings. The van der Waals surface area contributed by atoms with Gasteiger partial charge in [-0.3, -0.25) is 24.0 Å². The maximum absolute atomic E-state index is 14.1. The maximum atomic E-state index is 14.1. The second-order valence-electron chi connectivity index (χ2n) is 14.0. The van der Waals surface area contributed by atoms with Crippen LogP contribution < -0.4 is 21.7 Å². The molecule has 2 aliphatic carbocycles. The number of nitrogens with two attached hydrogens (primary N) is 1. The first kappa shape index (κ1) is 33.5. The fraction of sp³-hybridized carbons (Fsp3) is 0.806. The first-order valence-electron chi connectivity index (χ1n) is 15.6. The molecule has 2 unspecified atom stereocenters. The number of rotatable bonds is 12. The van der Waals surface area contributed by atoms with E-state index in [1.807, 2.05) is 34.6 Å². The molecule has 0 aromatic carbocycles. The van der Waals surface area contributed by atoms with E-state index in [0.717, 1.165) is 44.9 Å². The molecule has 0 aromatic rings. The summed E-state index contributed by atoms with van der Waals surface area (Å²) in [7, 11) is 0. The third-order valence-electron chi connectivity index (χ3n) is 9.23. The minimum atomic E-state index is -1.10. The Labute approximate surface area is 249 Å². The molecule has 236 valence electrons. The molecule has 3 aliphatic rings. The molecule has 3 rings (SSSR count). The van der Waals surface area contributed by atoms with Crippen LogP contribution in [-0.2, 0) is 24.0 Å². The number of ketones is 2. The molecule has 0 aromatic heterocycles. The SMILES string of the molecule is CC(=O)[C@@H](NC(=O)N[C@H](C(=O)N1CCC(C(C)C)[C@H]1C(=O)NC(CC1CC1)C(=O)C(N)=O)C(C)(C)C)C1CCCCC1. The highest BCUT2D eigenvalue weighted by molar-refractivity contribution is 6.37. The van der Waals surface area contributed by atoms with Gasteiger partial charge in [-0.05, 0) is 61.7 Å².